The number of hydrogen-bond acceptors (Lipinski definition) is 3. The Bertz CT molecular complexity index is 244. The van der Waals surface area contributed by atoms with Crippen molar-refractivity contribution in [2.24, 2.45) is 0 Å². The summed E-state index contributed by atoms with van der Waals surface area (Å²) in [5.74, 6) is 0. The first kappa shape index (κ1) is 10.2. The van der Waals surface area contributed by atoms with Crippen LogP contribution in [0.2, 0.25) is 0 Å². The summed E-state index contributed by atoms with van der Waals surface area (Å²) in [6, 6.07) is 0. The van der Waals surface area contributed by atoms with Crippen LogP contribution in [0.5, 0.6) is 0 Å². The predicted molar refractivity (Wildman–Crippen MR) is 46.4 cm³/mol. The molecule has 0 N–H and O–H groups in total. The molecule has 0 amide bonds. The third kappa shape index (κ3) is 2.58. The molecule has 0 saturated carbocycles. The topological polar surface area (TPSA) is 46.6 Å². The molecule has 0 aromatic carbocycles. The Kier molecular flexibility index (Phi) is 2.98. The van der Waals surface area contributed by atoms with Gasteiger partial charge in [0, 0.05) is 23.8 Å². The molecule has 0 aromatic heterocycles. The van der Waals surface area contributed by atoms with Crippen LogP contribution in [0.15, 0.2) is 0 Å². The molecule has 1 aliphatic heterocycles. The first-order valence-electron chi connectivity index (χ1n) is 3.75. The summed E-state index contributed by atoms with van der Waals surface area (Å²) in [4.78, 5) is 0. The van der Waals surface area contributed by atoms with Gasteiger partial charge in [0.2, 0.25) is 0 Å². The van der Waals surface area contributed by atoms with E-state index in [0.717, 1.165) is 0 Å². The van der Waals surface area contributed by atoms with Gasteiger partial charge >= 0.3 is 0 Å². The molecular formula is C6H12ClNO3S. The summed E-state index contributed by atoms with van der Waals surface area (Å²) in [5, 5.41) is 0. The van der Waals surface area contributed by atoms with Crippen molar-refractivity contribution in [3.8, 4) is 0 Å². The maximum absolute atomic E-state index is 10.9. The van der Waals surface area contributed by atoms with E-state index in [1.807, 2.05) is 13.8 Å². The Morgan fingerprint density at radius 1 is 1.33 bits per heavy atom. The molecular weight excluding hydrogens is 202 g/mol. The molecule has 1 rings (SSSR count). The van der Waals surface area contributed by atoms with E-state index in [-0.39, 0.29) is 12.2 Å². The fourth-order valence-electron chi connectivity index (χ4n) is 1.31. The number of rotatable bonds is 1. The van der Waals surface area contributed by atoms with Gasteiger partial charge in [-0.3, -0.25) is 0 Å². The number of nitrogens with zero attached hydrogens (tertiary/aromatic N) is 1. The quantitative estimate of drug-likeness (QED) is 0.599. The zero-order chi connectivity index (χ0) is 9.35. The fraction of sp³-hybridized carbons (Fsp3) is 1.00. The molecule has 6 heteroatoms. The molecule has 1 aliphatic rings. The molecule has 0 bridgehead atoms. The van der Waals surface area contributed by atoms with Crippen LogP contribution in [0.4, 0.5) is 0 Å². The molecule has 1 heterocycles. The van der Waals surface area contributed by atoms with Crippen LogP contribution in [0.3, 0.4) is 0 Å². The van der Waals surface area contributed by atoms with Gasteiger partial charge in [-0.15, -0.1) is 0 Å². The lowest BCUT2D eigenvalue weighted by molar-refractivity contribution is -0.0435. The molecule has 0 radical (unpaired) electrons. The SMILES string of the molecule is C[C@@H]1CN(S(=O)(=O)Cl)C[C@H](C)O1. The van der Waals surface area contributed by atoms with Crippen LogP contribution in [0, 0.1) is 0 Å². The van der Waals surface area contributed by atoms with Gasteiger partial charge in [0.25, 0.3) is 9.24 Å². The van der Waals surface area contributed by atoms with Crippen LogP contribution < -0.4 is 0 Å². The molecule has 72 valence electrons. The Hall–Kier alpha value is 0.160. The third-order valence-electron chi connectivity index (χ3n) is 1.69. The molecule has 2 atom stereocenters. The predicted octanol–water partition coefficient (Wildman–Crippen LogP) is 0.579. The summed E-state index contributed by atoms with van der Waals surface area (Å²) in [6.45, 7) is 4.34. The molecule has 0 spiro atoms. The van der Waals surface area contributed by atoms with Gasteiger partial charge in [0.1, 0.15) is 0 Å². The summed E-state index contributed by atoms with van der Waals surface area (Å²) < 4.78 is 28.4. The van der Waals surface area contributed by atoms with Crippen molar-refractivity contribution in [3.05, 3.63) is 0 Å². The number of morpholine rings is 1. The summed E-state index contributed by atoms with van der Waals surface area (Å²) in [7, 11) is 1.62. The second kappa shape index (κ2) is 3.49. The van der Waals surface area contributed by atoms with Crippen molar-refractivity contribution in [1.29, 1.82) is 0 Å². The van der Waals surface area contributed by atoms with E-state index in [9.17, 15) is 8.42 Å². The smallest absolute Gasteiger partial charge is 0.299 e. The molecule has 1 fully saturated rings. The largest absolute Gasteiger partial charge is 0.373 e. The van der Waals surface area contributed by atoms with Crippen LogP contribution in [0.1, 0.15) is 13.8 Å². The lowest BCUT2D eigenvalue weighted by Gasteiger charge is -2.32. The van der Waals surface area contributed by atoms with E-state index in [2.05, 4.69) is 0 Å². The Morgan fingerprint density at radius 3 is 2.08 bits per heavy atom. The van der Waals surface area contributed by atoms with Gasteiger partial charge in [0.05, 0.1) is 12.2 Å². The first-order valence-corrected chi connectivity index (χ1v) is 6.01. The molecule has 1 saturated heterocycles. The Balaban J connectivity index is 2.68. The van der Waals surface area contributed by atoms with E-state index < -0.39 is 9.24 Å². The summed E-state index contributed by atoms with van der Waals surface area (Å²) in [6.07, 6.45) is -0.162. The van der Waals surface area contributed by atoms with Gasteiger partial charge in [-0.1, -0.05) is 0 Å². The van der Waals surface area contributed by atoms with Gasteiger partial charge in [-0.05, 0) is 13.8 Å². The molecule has 0 unspecified atom stereocenters. The number of ether oxygens (including phenoxy) is 1. The minimum Gasteiger partial charge on any atom is -0.373 e. The van der Waals surface area contributed by atoms with Crippen molar-refractivity contribution in [1.82, 2.24) is 4.31 Å². The lowest BCUT2D eigenvalue weighted by Crippen LogP contribution is -2.46. The Morgan fingerprint density at radius 2 is 1.75 bits per heavy atom. The van der Waals surface area contributed by atoms with Crippen molar-refractivity contribution >= 4 is 19.9 Å². The van der Waals surface area contributed by atoms with E-state index in [4.69, 9.17) is 15.4 Å². The standard InChI is InChI=1S/C6H12ClNO3S/c1-5-3-8(12(7,9)10)4-6(2)11-5/h5-6H,3-4H2,1-2H3/t5-,6+. The zero-order valence-electron chi connectivity index (χ0n) is 7.03. The van der Waals surface area contributed by atoms with E-state index >= 15 is 0 Å². The average Bonchev–Trinajstić information content (AvgIpc) is 1.82. The van der Waals surface area contributed by atoms with E-state index in [0.29, 0.717) is 13.1 Å². The molecule has 12 heavy (non-hydrogen) atoms. The van der Waals surface area contributed by atoms with Crippen molar-refractivity contribution < 1.29 is 13.2 Å². The van der Waals surface area contributed by atoms with E-state index in [1.165, 1.54) is 4.31 Å². The molecule has 0 aliphatic carbocycles. The second-order valence-corrected chi connectivity index (χ2v) is 5.53. The maximum Gasteiger partial charge on any atom is 0.299 e. The van der Waals surface area contributed by atoms with Crippen LogP contribution in [-0.4, -0.2) is 38.0 Å². The van der Waals surface area contributed by atoms with Crippen molar-refractivity contribution in [3.63, 3.8) is 0 Å². The zero-order valence-corrected chi connectivity index (χ0v) is 8.60. The average molecular weight is 214 g/mol. The Labute approximate surface area is 77.0 Å². The highest BCUT2D eigenvalue weighted by Crippen LogP contribution is 2.16. The van der Waals surface area contributed by atoms with Gasteiger partial charge in [0.15, 0.2) is 0 Å². The lowest BCUT2D eigenvalue weighted by atomic mass is 10.3. The molecule has 4 nitrogen and oxygen atoms in total. The van der Waals surface area contributed by atoms with Crippen molar-refractivity contribution in [2.75, 3.05) is 13.1 Å². The van der Waals surface area contributed by atoms with Crippen molar-refractivity contribution in [2.45, 2.75) is 26.1 Å². The number of hydrogen-bond donors (Lipinski definition) is 0. The van der Waals surface area contributed by atoms with E-state index in [1.54, 1.807) is 0 Å². The van der Waals surface area contributed by atoms with Crippen LogP contribution >= 0.6 is 10.7 Å². The maximum atomic E-state index is 10.9. The fourth-order valence-corrected chi connectivity index (χ4v) is 2.42. The van der Waals surface area contributed by atoms with Crippen LogP contribution in [-0.2, 0) is 14.0 Å². The van der Waals surface area contributed by atoms with Gasteiger partial charge in [-0.2, -0.15) is 12.7 Å². The highest BCUT2D eigenvalue weighted by atomic mass is 35.7. The molecule has 0 aromatic rings. The second-order valence-electron chi connectivity index (χ2n) is 3.02. The summed E-state index contributed by atoms with van der Waals surface area (Å²) >= 11 is 0. The number of halogens is 1. The van der Waals surface area contributed by atoms with Crippen LogP contribution in [0.25, 0.3) is 0 Å². The summed E-state index contributed by atoms with van der Waals surface area (Å²) in [5.41, 5.74) is 0. The monoisotopic (exact) mass is 213 g/mol. The van der Waals surface area contributed by atoms with Gasteiger partial charge in [-0.25, -0.2) is 0 Å². The minimum atomic E-state index is -3.57. The highest BCUT2D eigenvalue weighted by molar-refractivity contribution is 8.11. The first-order chi connectivity index (χ1) is 5.39. The third-order valence-corrected chi connectivity index (χ3v) is 3.20. The normalized spacial score (nSPS) is 33.6. The highest BCUT2D eigenvalue weighted by Gasteiger charge is 2.29. The minimum absolute atomic E-state index is 0.0812. The van der Waals surface area contributed by atoms with Gasteiger partial charge < -0.3 is 4.74 Å².